The Balaban J connectivity index is 1.16. The first-order valence-corrected chi connectivity index (χ1v) is 12.8. The van der Waals surface area contributed by atoms with E-state index >= 15 is 0 Å². The van der Waals surface area contributed by atoms with Gasteiger partial charge < -0.3 is 0 Å². The first kappa shape index (κ1) is 16.9. The molecule has 0 amide bonds. The van der Waals surface area contributed by atoms with Gasteiger partial charge in [0.25, 0.3) is 0 Å². The monoisotopic (exact) mass is 332 g/mol. The molecule has 4 aliphatic rings. The smallest absolute Gasteiger partial charge is 0.100 e. The van der Waals surface area contributed by atoms with Crippen LogP contribution in [0.5, 0.6) is 0 Å². The van der Waals surface area contributed by atoms with Crippen molar-refractivity contribution >= 4 is 14.6 Å². The molecule has 130 valence electrons. The molecule has 0 aromatic heterocycles. The summed E-state index contributed by atoms with van der Waals surface area (Å²) in [7, 11) is 0.450. The van der Waals surface area contributed by atoms with Gasteiger partial charge >= 0.3 is 0 Å². The van der Waals surface area contributed by atoms with Gasteiger partial charge in [0.2, 0.25) is 0 Å². The van der Waals surface area contributed by atoms with Crippen LogP contribution in [0.25, 0.3) is 0 Å². The molecule has 2 heteroatoms. The zero-order valence-corrected chi connectivity index (χ0v) is 16.2. The van der Waals surface area contributed by atoms with Gasteiger partial charge in [-0.25, -0.2) is 0 Å². The van der Waals surface area contributed by atoms with Gasteiger partial charge in [-0.15, -0.1) is 7.92 Å². The summed E-state index contributed by atoms with van der Waals surface area (Å²) in [6.07, 6.45) is 26.9. The van der Waals surface area contributed by atoms with Crippen molar-refractivity contribution in [3.05, 3.63) is 0 Å². The molecular formula is C21H38BP. The maximum atomic E-state index is 1.65. The van der Waals surface area contributed by atoms with E-state index in [0.29, 0.717) is 7.92 Å². The summed E-state index contributed by atoms with van der Waals surface area (Å²) in [6.45, 7) is 1.15. The number of hydrogen-bond donors (Lipinski definition) is 0. The Hall–Kier alpha value is 0.495. The van der Waals surface area contributed by atoms with Gasteiger partial charge in [0.05, 0.1) is 0 Å². The van der Waals surface area contributed by atoms with Crippen LogP contribution in [0.4, 0.5) is 0 Å². The molecule has 4 saturated heterocycles. The quantitative estimate of drug-likeness (QED) is 0.271. The Kier molecular flexibility index (Phi) is 6.07. The van der Waals surface area contributed by atoms with Crippen molar-refractivity contribution in [3.63, 3.8) is 0 Å². The fourth-order valence-electron chi connectivity index (χ4n) is 6.90. The third-order valence-corrected chi connectivity index (χ3v) is 11.8. The second kappa shape index (κ2) is 8.25. The zero-order valence-electron chi connectivity index (χ0n) is 15.4. The number of hydrogen-bond acceptors (Lipinski definition) is 0. The van der Waals surface area contributed by atoms with Crippen molar-refractivity contribution < 1.29 is 0 Å². The molecular weight excluding hydrogens is 294 g/mol. The van der Waals surface area contributed by atoms with Gasteiger partial charge in [-0.3, -0.25) is 0 Å². The highest BCUT2D eigenvalue weighted by molar-refractivity contribution is 7.59. The van der Waals surface area contributed by atoms with Crippen molar-refractivity contribution in [1.29, 1.82) is 0 Å². The van der Waals surface area contributed by atoms with E-state index in [1.807, 2.05) is 0 Å². The number of fused-ring (bicyclic) bond motifs is 4. The van der Waals surface area contributed by atoms with Gasteiger partial charge in [-0.1, -0.05) is 82.2 Å². The van der Waals surface area contributed by atoms with Crippen molar-refractivity contribution in [2.24, 2.45) is 0 Å². The lowest BCUT2D eigenvalue weighted by Gasteiger charge is -2.40. The maximum absolute atomic E-state index is 1.65. The SMILES string of the molecule is C(CCB1C2CCCC1CCC2)CCP1C2CCCCC1CC2. The molecule has 4 rings (SSSR count). The fraction of sp³-hybridized carbons (Fsp3) is 1.00. The van der Waals surface area contributed by atoms with Crippen LogP contribution in [0, 0.1) is 0 Å². The van der Waals surface area contributed by atoms with Crippen LogP contribution in [-0.4, -0.2) is 24.2 Å². The van der Waals surface area contributed by atoms with Crippen LogP contribution in [0.15, 0.2) is 0 Å². The average Bonchev–Trinajstić information content (AvgIpc) is 2.79. The van der Waals surface area contributed by atoms with Crippen LogP contribution in [0.2, 0.25) is 18.0 Å². The number of rotatable bonds is 6. The summed E-state index contributed by atoms with van der Waals surface area (Å²) in [5, 5.41) is 0. The molecule has 4 bridgehead atoms. The van der Waals surface area contributed by atoms with E-state index < -0.39 is 0 Å². The van der Waals surface area contributed by atoms with Gasteiger partial charge in [0.1, 0.15) is 6.71 Å². The predicted octanol–water partition coefficient (Wildman–Crippen LogP) is 7.35. The molecule has 2 atom stereocenters. The molecule has 0 aromatic rings. The lowest BCUT2D eigenvalue weighted by Crippen LogP contribution is -2.34. The minimum Gasteiger partial charge on any atom is -0.100 e. The second-order valence-corrected chi connectivity index (χ2v) is 12.2. The molecule has 4 heterocycles. The molecule has 2 unspecified atom stereocenters. The van der Waals surface area contributed by atoms with E-state index in [1.165, 1.54) is 11.3 Å². The molecule has 0 saturated carbocycles. The molecule has 4 aliphatic heterocycles. The van der Waals surface area contributed by atoms with Gasteiger partial charge in [-0.2, -0.15) is 0 Å². The Morgan fingerprint density at radius 3 is 1.83 bits per heavy atom. The van der Waals surface area contributed by atoms with E-state index in [4.69, 9.17) is 0 Å². The predicted molar refractivity (Wildman–Crippen MR) is 107 cm³/mol. The second-order valence-electron chi connectivity index (χ2n) is 9.30. The van der Waals surface area contributed by atoms with Gasteiger partial charge in [-0.05, 0) is 49.6 Å². The van der Waals surface area contributed by atoms with E-state index in [2.05, 4.69) is 0 Å². The molecule has 0 aromatic carbocycles. The van der Waals surface area contributed by atoms with Crippen LogP contribution >= 0.6 is 7.92 Å². The van der Waals surface area contributed by atoms with Crippen LogP contribution in [-0.2, 0) is 0 Å². The summed E-state index contributed by atoms with van der Waals surface area (Å²) >= 11 is 0. The minimum absolute atomic E-state index is 0.450. The highest BCUT2D eigenvalue weighted by Crippen LogP contribution is 2.60. The van der Waals surface area contributed by atoms with Crippen LogP contribution < -0.4 is 0 Å². The normalized spacial score (nSPS) is 40.2. The molecule has 23 heavy (non-hydrogen) atoms. The lowest BCUT2D eigenvalue weighted by molar-refractivity contribution is 0.440. The van der Waals surface area contributed by atoms with Crippen molar-refractivity contribution in [2.75, 3.05) is 6.16 Å². The van der Waals surface area contributed by atoms with Crippen molar-refractivity contribution in [3.8, 4) is 0 Å². The maximum Gasteiger partial charge on any atom is 0.146 e. The van der Waals surface area contributed by atoms with Crippen molar-refractivity contribution in [2.45, 2.75) is 126 Å². The third-order valence-electron chi connectivity index (χ3n) is 8.06. The Morgan fingerprint density at radius 2 is 1.22 bits per heavy atom. The summed E-state index contributed by atoms with van der Waals surface area (Å²) in [5.74, 6) is 2.29. The van der Waals surface area contributed by atoms with Crippen LogP contribution in [0.3, 0.4) is 0 Å². The molecule has 4 fully saturated rings. The topological polar surface area (TPSA) is 0 Å². The van der Waals surface area contributed by atoms with Gasteiger partial charge in [0.15, 0.2) is 0 Å². The highest BCUT2D eigenvalue weighted by Gasteiger charge is 2.38. The summed E-state index contributed by atoms with van der Waals surface area (Å²) in [4.78, 5) is 0. The van der Waals surface area contributed by atoms with E-state index in [0.717, 1.165) is 18.3 Å². The molecule has 0 nitrogen and oxygen atoms in total. The minimum atomic E-state index is 0.450. The number of unbranched alkanes of at least 4 members (excludes halogenated alkanes) is 2. The standard InChI is InChI=1S/C21H38BP/c1(4-16-22-18-8-6-9-19(22)11-7-10-18)5-17-23-20-12-2-3-13-21(23)15-14-20/h18-21H,1-17H2. The zero-order chi connectivity index (χ0) is 15.5. The first-order valence-electron chi connectivity index (χ1n) is 11.2. The summed E-state index contributed by atoms with van der Waals surface area (Å²) < 4.78 is 0. The molecule has 0 spiro atoms. The largest absolute Gasteiger partial charge is 0.146 e. The fourth-order valence-corrected chi connectivity index (χ4v) is 10.8. The molecule has 0 N–H and O–H groups in total. The third kappa shape index (κ3) is 4.02. The summed E-state index contributed by atoms with van der Waals surface area (Å²) in [6, 6.07) is 0. The average molecular weight is 332 g/mol. The van der Waals surface area contributed by atoms with E-state index in [-0.39, 0.29) is 0 Å². The van der Waals surface area contributed by atoms with E-state index in [9.17, 15) is 0 Å². The summed E-state index contributed by atoms with van der Waals surface area (Å²) in [5.41, 5.74) is 2.41. The Labute approximate surface area is 146 Å². The molecule has 0 radical (unpaired) electrons. The molecule has 0 aliphatic carbocycles. The van der Waals surface area contributed by atoms with Gasteiger partial charge in [0, 0.05) is 0 Å². The lowest BCUT2D eigenvalue weighted by atomic mass is 9.26. The van der Waals surface area contributed by atoms with Crippen LogP contribution in [0.1, 0.15) is 96.3 Å². The van der Waals surface area contributed by atoms with E-state index in [1.54, 1.807) is 109 Å². The first-order chi connectivity index (χ1) is 11.4. The Morgan fingerprint density at radius 1 is 0.609 bits per heavy atom. The highest BCUT2D eigenvalue weighted by atomic mass is 31.1. The van der Waals surface area contributed by atoms with Crippen molar-refractivity contribution in [1.82, 2.24) is 0 Å². The Bertz CT molecular complexity index is 319.